The molecule has 9 nitrogen and oxygen atoms in total. The maximum atomic E-state index is 14.4. The minimum absolute atomic E-state index is 0.154. The minimum Gasteiger partial charge on any atom is -0.354 e. The molecule has 2 atom stereocenters. The molecular formula is C38H49N5O4. The molecular weight excluding hydrogens is 590 g/mol. The Labute approximate surface area is 278 Å². The monoisotopic (exact) mass is 639 g/mol. The molecule has 3 aromatic carbocycles. The number of nitrogens with two attached hydrogens (primary N) is 1. The van der Waals surface area contributed by atoms with Crippen LogP contribution >= 0.6 is 0 Å². The summed E-state index contributed by atoms with van der Waals surface area (Å²) in [4.78, 5) is 58.3. The van der Waals surface area contributed by atoms with Gasteiger partial charge in [0.15, 0.2) is 0 Å². The fraction of sp³-hybridized carbons (Fsp3) is 0.421. The summed E-state index contributed by atoms with van der Waals surface area (Å²) in [5, 5.41) is 5.13. The zero-order valence-corrected chi connectivity index (χ0v) is 28.2. The second kappa shape index (κ2) is 16.4. The highest BCUT2D eigenvalue weighted by molar-refractivity contribution is 5.95. The second-order valence-corrected chi connectivity index (χ2v) is 13.2. The number of likely N-dealkylation sites (tertiary alicyclic amines) is 1. The molecule has 4 rings (SSSR count). The lowest BCUT2D eigenvalue weighted by Crippen LogP contribution is -2.56. The fourth-order valence-corrected chi connectivity index (χ4v) is 5.88. The predicted octanol–water partition coefficient (Wildman–Crippen LogP) is 4.09. The zero-order valence-electron chi connectivity index (χ0n) is 28.2. The molecule has 1 saturated heterocycles. The van der Waals surface area contributed by atoms with Gasteiger partial charge < -0.3 is 25.8 Å². The Hall–Kier alpha value is -4.50. The van der Waals surface area contributed by atoms with E-state index in [0.717, 1.165) is 34.9 Å². The number of carbonyl (C=O) groups is 4. The third-order valence-corrected chi connectivity index (χ3v) is 8.71. The molecule has 250 valence electrons. The molecule has 1 aliphatic rings. The number of hydrogen-bond donors (Lipinski definition) is 2. The molecule has 1 heterocycles. The van der Waals surface area contributed by atoms with Crippen LogP contribution in [0.5, 0.6) is 0 Å². The van der Waals surface area contributed by atoms with E-state index in [2.05, 4.69) is 5.32 Å². The quantitative estimate of drug-likeness (QED) is 0.192. The van der Waals surface area contributed by atoms with E-state index >= 15 is 0 Å². The van der Waals surface area contributed by atoms with Crippen LogP contribution in [0.2, 0.25) is 0 Å². The summed E-state index contributed by atoms with van der Waals surface area (Å²) in [5.74, 6) is -0.773. The highest BCUT2D eigenvalue weighted by Gasteiger charge is 2.35. The molecule has 0 bridgehead atoms. The van der Waals surface area contributed by atoms with Gasteiger partial charge >= 0.3 is 0 Å². The Morgan fingerprint density at radius 2 is 1.60 bits per heavy atom. The first-order valence-electron chi connectivity index (χ1n) is 16.5. The van der Waals surface area contributed by atoms with Crippen LogP contribution in [-0.2, 0) is 32.0 Å². The van der Waals surface area contributed by atoms with E-state index in [4.69, 9.17) is 5.73 Å². The molecule has 3 N–H and O–H groups in total. The second-order valence-electron chi connectivity index (χ2n) is 13.2. The van der Waals surface area contributed by atoms with Crippen LogP contribution in [0.4, 0.5) is 0 Å². The van der Waals surface area contributed by atoms with Gasteiger partial charge in [-0.1, -0.05) is 78.9 Å². The number of fused-ring (bicyclic) bond motifs is 1. The average molecular weight is 640 g/mol. The third-order valence-electron chi connectivity index (χ3n) is 8.71. The molecule has 9 heteroatoms. The number of rotatable bonds is 15. The van der Waals surface area contributed by atoms with Crippen LogP contribution in [-0.4, -0.2) is 89.7 Å². The van der Waals surface area contributed by atoms with E-state index in [1.807, 2.05) is 91.5 Å². The number of nitrogens with zero attached hydrogens (tertiary/aromatic N) is 3. The largest absolute Gasteiger partial charge is 0.354 e. The van der Waals surface area contributed by atoms with Gasteiger partial charge in [0.05, 0.1) is 0 Å². The van der Waals surface area contributed by atoms with Crippen molar-refractivity contribution in [1.29, 1.82) is 0 Å². The number of carbonyl (C=O) groups excluding carboxylic acids is 4. The Morgan fingerprint density at radius 3 is 2.28 bits per heavy atom. The van der Waals surface area contributed by atoms with E-state index in [1.165, 1.54) is 15.9 Å². The molecule has 47 heavy (non-hydrogen) atoms. The van der Waals surface area contributed by atoms with E-state index in [1.54, 1.807) is 20.2 Å². The van der Waals surface area contributed by atoms with Crippen molar-refractivity contribution >= 4 is 34.4 Å². The van der Waals surface area contributed by atoms with Gasteiger partial charge in [-0.2, -0.15) is 0 Å². The number of benzene rings is 3. The van der Waals surface area contributed by atoms with Crippen LogP contribution in [0.15, 0.2) is 84.9 Å². The van der Waals surface area contributed by atoms with Crippen molar-refractivity contribution < 1.29 is 19.2 Å². The van der Waals surface area contributed by atoms with Gasteiger partial charge in [-0.3, -0.25) is 19.2 Å². The van der Waals surface area contributed by atoms with Crippen molar-refractivity contribution in [3.63, 3.8) is 0 Å². The van der Waals surface area contributed by atoms with Crippen molar-refractivity contribution in [3.05, 3.63) is 96.1 Å². The highest BCUT2D eigenvalue weighted by Crippen LogP contribution is 2.20. The topological polar surface area (TPSA) is 116 Å². The fourth-order valence-electron chi connectivity index (χ4n) is 5.88. The first-order valence-corrected chi connectivity index (χ1v) is 16.5. The van der Waals surface area contributed by atoms with E-state index in [-0.39, 0.29) is 30.0 Å². The van der Waals surface area contributed by atoms with Crippen molar-refractivity contribution in [2.45, 2.75) is 70.0 Å². The summed E-state index contributed by atoms with van der Waals surface area (Å²) in [6.45, 7) is 5.50. The summed E-state index contributed by atoms with van der Waals surface area (Å²) >= 11 is 0. The summed E-state index contributed by atoms with van der Waals surface area (Å²) in [6.07, 6.45) is 6.37. The summed E-state index contributed by atoms with van der Waals surface area (Å²) < 4.78 is 0. The smallest absolute Gasteiger partial charge is 0.246 e. The summed E-state index contributed by atoms with van der Waals surface area (Å²) in [6, 6.07) is 22.0. The maximum Gasteiger partial charge on any atom is 0.246 e. The van der Waals surface area contributed by atoms with Gasteiger partial charge in [0, 0.05) is 58.5 Å². The molecule has 0 radical (unpaired) electrons. The minimum atomic E-state index is -0.864. The van der Waals surface area contributed by atoms with Gasteiger partial charge in [0.1, 0.15) is 12.1 Å². The van der Waals surface area contributed by atoms with Crippen LogP contribution in [0, 0.1) is 0 Å². The standard InChI is InChI=1S/C38H49N5O4/c1-38(2,39)21-10-17-34(44)41(3)33(27-29-19-20-30-15-8-9-16-31(30)25-29)37(47)42(4)32(26-28-13-6-5-7-14-28)36(46)40-22-12-24-43-23-11-18-35(43)45/h5-10,13-17,19-20,25,32-33H,11-12,18,21-24,26-27,39H2,1-4H3,(H,40,46)/t32-,33-/m1/s1. The lowest BCUT2D eigenvalue weighted by atomic mass is 9.98. The van der Waals surface area contributed by atoms with Gasteiger partial charge in [-0.15, -0.1) is 0 Å². The maximum absolute atomic E-state index is 14.4. The normalized spacial score (nSPS) is 14.7. The zero-order chi connectivity index (χ0) is 34.0. The molecule has 3 aromatic rings. The number of amides is 4. The number of hydrogen-bond acceptors (Lipinski definition) is 5. The highest BCUT2D eigenvalue weighted by atomic mass is 16.2. The summed E-state index contributed by atoms with van der Waals surface area (Å²) in [7, 11) is 3.26. The Morgan fingerprint density at radius 1 is 0.915 bits per heavy atom. The van der Waals surface area contributed by atoms with Crippen LogP contribution in [0.25, 0.3) is 10.8 Å². The Bertz CT molecular complexity index is 1570. The molecule has 1 fully saturated rings. The van der Waals surface area contributed by atoms with Gasteiger partial charge in [0.25, 0.3) is 0 Å². The van der Waals surface area contributed by atoms with E-state index in [0.29, 0.717) is 38.8 Å². The Kier molecular flexibility index (Phi) is 12.3. The lowest BCUT2D eigenvalue weighted by Gasteiger charge is -2.34. The SMILES string of the molecule is CN(C(=O)C=CCC(C)(C)N)[C@H](Cc1ccc2ccccc2c1)C(=O)N(C)[C@H](Cc1ccccc1)C(=O)NCCCN1CCCC1=O. The average Bonchev–Trinajstić information content (AvgIpc) is 3.47. The first kappa shape index (κ1) is 35.4. The van der Waals surface area contributed by atoms with Crippen molar-refractivity contribution in [3.8, 4) is 0 Å². The number of likely N-dealkylation sites (N-methyl/N-ethyl adjacent to an activating group) is 2. The third kappa shape index (κ3) is 10.2. The van der Waals surface area contributed by atoms with E-state index in [9.17, 15) is 19.2 Å². The Balaban J connectivity index is 1.57. The van der Waals surface area contributed by atoms with Crippen molar-refractivity contribution in [1.82, 2.24) is 20.0 Å². The van der Waals surface area contributed by atoms with Crippen molar-refractivity contribution in [2.24, 2.45) is 5.73 Å². The van der Waals surface area contributed by atoms with Crippen LogP contribution in [0.1, 0.15) is 50.7 Å². The molecule has 4 amide bonds. The number of nitrogens with one attached hydrogen (secondary N) is 1. The van der Waals surface area contributed by atoms with Gasteiger partial charge in [-0.05, 0) is 61.1 Å². The summed E-state index contributed by atoms with van der Waals surface area (Å²) in [5.41, 5.74) is 7.45. The molecule has 0 aliphatic carbocycles. The first-order chi connectivity index (χ1) is 22.4. The lowest BCUT2D eigenvalue weighted by molar-refractivity contribution is -0.146. The predicted molar refractivity (Wildman–Crippen MR) is 186 cm³/mol. The molecule has 0 aromatic heterocycles. The van der Waals surface area contributed by atoms with Crippen LogP contribution < -0.4 is 11.1 Å². The van der Waals surface area contributed by atoms with Crippen molar-refractivity contribution in [2.75, 3.05) is 33.7 Å². The molecule has 1 aliphatic heterocycles. The van der Waals surface area contributed by atoms with Gasteiger partial charge in [-0.25, -0.2) is 0 Å². The van der Waals surface area contributed by atoms with E-state index < -0.39 is 17.6 Å². The molecule has 0 saturated carbocycles. The molecule has 0 unspecified atom stereocenters. The molecule has 0 spiro atoms. The van der Waals surface area contributed by atoms with Gasteiger partial charge in [0.2, 0.25) is 23.6 Å². The van der Waals surface area contributed by atoms with Crippen LogP contribution in [0.3, 0.4) is 0 Å².